The highest BCUT2D eigenvalue weighted by Crippen LogP contribution is 2.27. The number of hydrogen-bond donors (Lipinski definition) is 0. The number of benzene rings is 2. The molecule has 0 aliphatic carbocycles. The lowest BCUT2D eigenvalue weighted by atomic mass is 10.1. The number of hydrogen-bond acceptors (Lipinski definition) is 5. The molecule has 7 nitrogen and oxygen atoms in total. The van der Waals surface area contributed by atoms with Crippen molar-refractivity contribution in [3.05, 3.63) is 97.8 Å². The van der Waals surface area contributed by atoms with E-state index in [2.05, 4.69) is 4.98 Å². The third-order valence-electron chi connectivity index (χ3n) is 5.35. The van der Waals surface area contributed by atoms with Crippen molar-refractivity contribution in [2.75, 3.05) is 14.2 Å². The molecule has 2 aromatic carbocycles. The third-order valence-corrected chi connectivity index (χ3v) is 5.71. The molecule has 0 aliphatic heterocycles. The highest BCUT2D eigenvalue weighted by Gasteiger charge is 2.15. The second-order valence-corrected chi connectivity index (χ2v) is 7.63. The largest absolute Gasteiger partial charge is 0.493 e. The Bertz CT molecular complexity index is 1390. The fraction of sp³-hybridized carbons (Fsp3) is 0.208. The fourth-order valence-corrected chi connectivity index (χ4v) is 3.86. The van der Waals surface area contributed by atoms with Gasteiger partial charge in [-0.1, -0.05) is 35.9 Å². The number of fused-ring (bicyclic) bond motifs is 1. The summed E-state index contributed by atoms with van der Waals surface area (Å²) in [5.41, 5.74) is 1.59. The Morgan fingerprint density at radius 3 is 2.47 bits per heavy atom. The van der Waals surface area contributed by atoms with Crippen molar-refractivity contribution in [3.63, 3.8) is 0 Å². The van der Waals surface area contributed by atoms with Crippen molar-refractivity contribution < 1.29 is 9.47 Å². The Hall–Kier alpha value is -3.58. The minimum atomic E-state index is -0.415. The molecule has 32 heavy (non-hydrogen) atoms. The van der Waals surface area contributed by atoms with E-state index in [1.165, 1.54) is 4.57 Å². The molecule has 164 valence electrons. The molecule has 2 heterocycles. The van der Waals surface area contributed by atoms with Crippen LogP contribution in [-0.4, -0.2) is 28.3 Å². The Balaban J connectivity index is 1.76. The van der Waals surface area contributed by atoms with E-state index in [0.717, 1.165) is 11.1 Å². The number of pyridine rings is 1. The molecule has 0 bridgehead atoms. The van der Waals surface area contributed by atoms with E-state index in [1.54, 1.807) is 49.2 Å². The van der Waals surface area contributed by atoms with Crippen LogP contribution in [0.3, 0.4) is 0 Å². The van der Waals surface area contributed by atoms with Crippen LogP contribution < -0.4 is 20.7 Å². The van der Waals surface area contributed by atoms with Crippen molar-refractivity contribution in [2.45, 2.75) is 19.5 Å². The van der Waals surface area contributed by atoms with E-state index in [4.69, 9.17) is 21.1 Å². The highest BCUT2D eigenvalue weighted by atomic mass is 35.5. The van der Waals surface area contributed by atoms with Crippen molar-refractivity contribution in [1.82, 2.24) is 14.1 Å². The van der Waals surface area contributed by atoms with Gasteiger partial charge < -0.3 is 9.47 Å². The molecule has 0 spiro atoms. The van der Waals surface area contributed by atoms with Crippen LogP contribution in [0, 0.1) is 0 Å². The van der Waals surface area contributed by atoms with Gasteiger partial charge in [-0.25, -0.2) is 9.78 Å². The summed E-state index contributed by atoms with van der Waals surface area (Å²) in [5, 5.41) is 0.555. The average Bonchev–Trinajstić information content (AvgIpc) is 2.82. The van der Waals surface area contributed by atoms with Crippen LogP contribution in [0.2, 0.25) is 5.02 Å². The summed E-state index contributed by atoms with van der Waals surface area (Å²) >= 11 is 6.32. The van der Waals surface area contributed by atoms with Crippen LogP contribution in [-0.2, 0) is 19.5 Å². The van der Waals surface area contributed by atoms with Crippen LogP contribution in [0.25, 0.3) is 11.0 Å². The number of aromatic nitrogens is 3. The minimum absolute atomic E-state index is 0.197. The molecule has 8 heteroatoms. The molecule has 0 unspecified atom stereocenters. The summed E-state index contributed by atoms with van der Waals surface area (Å²) in [6.45, 7) is 0.430. The monoisotopic (exact) mass is 451 g/mol. The topological polar surface area (TPSA) is 75.4 Å². The quantitative estimate of drug-likeness (QED) is 0.429. The normalized spacial score (nSPS) is 11.0. The van der Waals surface area contributed by atoms with Gasteiger partial charge in [-0.3, -0.25) is 13.9 Å². The Kier molecular flexibility index (Phi) is 6.28. The molecule has 4 aromatic rings. The molecule has 0 saturated heterocycles. The van der Waals surface area contributed by atoms with E-state index < -0.39 is 11.2 Å². The second-order valence-electron chi connectivity index (χ2n) is 7.23. The predicted molar refractivity (Wildman–Crippen MR) is 124 cm³/mol. The molecule has 0 fully saturated rings. The Morgan fingerprint density at radius 1 is 0.938 bits per heavy atom. The van der Waals surface area contributed by atoms with Crippen molar-refractivity contribution in [1.29, 1.82) is 0 Å². The summed E-state index contributed by atoms with van der Waals surface area (Å²) < 4.78 is 13.4. The van der Waals surface area contributed by atoms with Crippen molar-refractivity contribution in [3.8, 4) is 11.5 Å². The zero-order valence-corrected chi connectivity index (χ0v) is 18.5. The molecule has 0 atom stereocenters. The highest BCUT2D eigenvalue weighted by molar-refractivity contribution is 6.31. The van der Waals surface area contributed by atoms with E-state index in [-0.39, 0.29) is 18.6 Å². The van der Waals surface area contributed by atoms with Crippen LogP contribution >= 0.6 is 11.6 Å². The van der Waals surface area contributed by atoms with Gasteiger partial charge in [0, 0.05) is 17.8 Å². The lowest BCUT2D eigenvalue weighted by molar-refractivity contribution is 0.354. The van der Waals surface area contributed by atoms with Gasteiger partial charge in [-0.05, 0) is 47.9 Å². The van der Waals surface area contributed by atoms with Crippen LogP contribution in [0.5, 0.6) is 11.5 Å². The number of rotatable bonds is 7. The smallest absolute Gasteiger partial charge is 0.331 e. The van der Waals surface area contributed by atoms with Crippen LogP contribution in [0.4, 0.5) is 0 Å². The number of ether oxygens (including phenoxy) is 2. The van der Waals surface area contributed by atoms with Crippen molar-refractivity contribution >= 4 is 22.6 Å². The number of nitrogens with zero attached hydrogens (tertiary/aromatic N) is 3. The summed E-state index contributed by atoms with van der Waals surface area (Å²) in [6.07, 6.45) is 2.01. The zero-order valence-electron chi connectivity index (χ0n) is 17.7. The molecule has 0 aliphatic rings. The first-order valence-corrected chi connectivity index (χ1v) is 10.4. The van der Waals surface area contributed by atoms with Gasteiger partial charge in [0.15, 0.2) is 17.0 Å². The summed E-state index contributed by atoms with van der Waals surface area (Å²) in [4.78, 5) is 30.7. The number of methoxy groups -OCH3 is 2. The fourth-order valence-electron chi connectivity index (χ4n) is 3.67. The molecule has 2 aromatic heterocycles. The molecule has 4 rings (SSSR count). The SMILES string of the molecule is COc1ccc(CCn2c(=O)c3ncccc3n(Cc3ccccc3Cl)c2=O)cc1OC. The Labute approximate surface area is 189 Å². The summed E-state index contributed by atoms with van der Waals surface area (Å²) in [6, 6.07) is 16.3. The predicted octanol–water partition coefficient (Wildman–Crippen LogP) is 3.52. The maximum absolute atomic E-state index is 13.4. The third kappa shape index (κ3) is 4.11. The van der Waals surface area contributed by atoms with Gasteiger partial charge in [0.05, 0.1) is 26.3 Å². The second kappa shape index (κ2) is 9.28. The van der Waals surface area contributed by atoms with Crippen LogP contribution in [0.1, 0.15) is 11.1 Å². The number of aryl methyl sites for hydroxylation is 1. The van der Waals surface area contributed by atoms with E-state index in [0.29, 0.717) is 28.5 Å². The van der Waals surface area contributed by atoms with Gasteiger partial charge >= 0.3 is 5.69 Å². The average molecular weight is 452 g/mol. The molecule has 0 radical (unpaired) electrons. The molecular weight excluding hydrogens is 430 g/mol. The lowest BCUT2D eigenvalue weighted by Crippen LogP contribution is -2.41. The van der Waals surface area contributed by atoms with Gasteiger partial charge in [-0.2, -0.15) is 0 Å². The van der Waals surface area contributed by atoms with E-state index in [9.17, 15) is 9.59 Å². The Morgan fingerprint density at radius 2 is 1.72 bits per heavy atom. The van der Waals surface area contributed by atoms with E-state index in [1.807, 2.05) is 30.3 Å². The van der Waals surface area contributed by atoms with Crippen molar-refractivity contribution in [2.24, 2.45) is 0 Å². The number of halogens is 1. The summed E-state index contributed by atoms with van der Waals surface area (Å²) in [5.74, 6) is 1.21. The van der Waals surface area contributed by atoms with E-state index >= 15 is 0 Å². The van der Waals surface area contributed by atoms with Gasteiger partial charge in [-0.15, -0.1) is 0 Å². The van der Waals surface area contributed by atoms with Gasteiger partial charge in [0.1, 0.15) is 0 Å². The first-order valence-electron chi connectivity index (χ1n) is 10.1. The maximum Gasteiger partial charge on any atom is 0.331 e. The van der Waals surface area contributed by atoms with Gasteiger partial charge in [0.2, 0.25) is 0 Å². The first kappa shape index (κ1) is 21.6. The molecule has 0 saturated carbocycles. The maximum atomic E-state index is 13.4. The molecular formula is C24H22ClN3O4. The molecule has 0 N–H and O–H groups in total. The standard InChI is InChI=1S/C24H22ClN3O4/c1-31-20-10-9-16(14-21(20)32-2)11-13-27-23(29)22-19(8-5-12-26-22)28(24(27)30)15-17-6-3-4-7-18(17)25/h3-10,12,14H,11,13,15H2,1-2H3. The minimum Gasteiger partial charge on any atom is -0.493 e. The summed E-state index contributed by atoms with van der Waals surface area (Å²) in [7, 11) is 3.13. The lowest BCUT2D eigenvalue weighted by Gasteiger charge is -2.15. The zero-order chi connectivity index (χ0) is 22.7. The van der Waals surface area contributed by atoms with Crippen LogP contribution in [0.15, 0.2) is 70.4 Å². The first-order chi connectivity index (χ1) is 15.5. The van der Waals surface area contributed by atoms with Gasteiger partial charge in [0.25, 0.3) is 5.56 Å². The molecule has 0 amide bonds.